The summed E-state index contributed by atoms with van der Waals surface area (Å²) in [5, 5.41) is 7.85. The van der Waals surface area contributed by atoms with E-state index in [1.54, 1.807) is 39.8 Å². The van der Waals surface area contributed by atoms with E-state index in [1.807, 2.05) is 0 Å². The summed E-state index contributed by atoms with van der Waals surface area (Å²) in [6.45, 7) is 6.97. The van der Waals surface area contributed by atoms with Crippen LogP contribution in [0.5, 0.6) is 0 Å². The molecule has 0 unspecified atom stereocenters. The van der Waals surface area contributed by atoms with Crippen LogP contribution in [0, 0.1) is 27.7 Å². The molecule has 9 heteroatoms. The molecule has 0 saturated heterocycles. The van der Waals surface area contributed by atoms with Gasteiger partial charge in [0.1, 0.15) is 11.5 Å². The first kappa shape index (κ1) is 19.7. The van der Waals surface area contributed by atoms with Gasteiger partial charge < -0.3 is 14.0 Å². The molecule has 0 aliphatic carbocycles. The van der Waals surface area contributed by atoms with E-state index >= 15 is 0 Å². The van der Waals surface area contributed by atoms with Gasteiger partial charge in [0.25, 0.3) is 0 Å². The van der Waals surface area contributed by atoms with E-state index in [1.165, 1.54) is 0 Å². The highest BCUT2D eigenvalue weighted by atomic mass is 19.4. The smallest absolute Gasteiger partial charge is 0.361 e. The van der Waals surface area contributed by atoms with E-state index in [0.717, 1.165) is 5.56 Å². The van der Waals surface area contributed by atoms with Crippen LogP contribution in [0.15, 0.2) is 21.2 Å². The number of imidazole rings is 1. The topological polar surface area (TPSA) is 80.7 Å². The monoisotopic (exact) mass is 392 g/mol. The molecule has 4 aromatic rings. The normalized spacial score (nSPS) is 11.8. The fraction of sp³-hybridized carbons (Fsp3) is 0.316. The maximum Gasteiger partial charge on any atom is 0.449 e. The summed E-state index contributed by atoms with van der Waals surface area (Å²) >= 11 is 0. The Balaban J connectivity index is 0.00000225. The third-order valence-corrected chi connectivity index (χ3v) is 4.48. The number of halogens is 3. The zero-order valence-electron chi connectivity index (χ0n) is 14.9. The Kier molecular flexibility index (Phi) is 4.57. The summed E-state index contributed by atoms with van der Waals surface area (Å²) in [7, 11) is 0. The SMILES string of the molecule is C.Cc1noc(C)c1-c1cc(-c2c(C)noc2C)c2nc(C(F)(F)F)[nH]c2c1. The first-order chi connectivity index (χ1) is 12.7. The summed E-state index contributed by atoms with van der Waals surface area (Å²) in [5.74, 6) is 0.0230. The first-order valence-corrected chi connectivity index (χ1v) is 8.14. The molecule has 1 N–H and O–H groups in total. The van der Waals surface area contributed by atoms with Crippen molar-refractivity contribution in [3.8, 4) is 22.3 Å². The van der Waals surface area contributed by atoms with Gasteiger partial charge in [-0.2, -0.15) is 13.2 Å². The molecule has 0 radical (unpaired) electrons. The molecule has 0 fully saturated rings. The minimum atomic E-state index is -4.59. The van der Waals surface area contributed by atoms with Gasteiger partial charge in [0, 0.05) is 16.7 Å². The van der Waals surface area contributed by atoms with Crippen molar-refractivity contribution in [3.05, 3.63) is 40.9 Å². The van der Waals surface area contributed by atoms with Gasteiger partial charge in [0.2, 0.25) is 5.82 Å². The standard InChI is InChI=1S/C18H15F3N4O2.CH4/c1-7-14(9(3)26-24-7)11-5-12(15-8(2)25-27-10(15)4)16-13(6-11)22-17(23-16)18(19,20)21;/h5-6H,1-4H3,(H,22,23);1H4. The van der Waals surface area contributed by atoms with E-state index < -0.39 is 12.0 Å². The van der Waals surface area contributed by atoms with Crippen molar-refractivity contribution in [2.24, 2.45) is 0 Å². The average molecular weight is 392 g/mol. The number of alkyl halides is 3. The molecule has 0 atom stereocenters. The first-order valence-electron chi connectivity index (χ1n) is 8.14. The lowest BCUT2D eigenvalue weighted by atomic mass is 9.96. The predicted octanol–water partition coefficient (Wildman–Crippen LogP) is 5.76. The molecule has 1 aromatic carbocycles. The van der Waals surface area contributed by atoms with Gasteiger partial charge in [0.15, 0.2) is 0 Å². The van der Waals surface area contributed by atoms with Crippen LogP contribution in [0.25, 0.3) is 33.3 Å². The Bertz CT molecular complexity index is 1130. The van der Waals surface area contributed by atoms with E-state index in [-0.39, 0.29) is 18.5 Å². The number of hydrogen-bond acceptors (Lipinski definition) is 5. The second-order valence-corrected chi connectivity index (χ2v) is 6.40. The number of nitrogens with zero attached hydrogens (tertiary/aromatic N) is 3. The number of hydrogen-bond donors (Lipinski definition) is 1. The minimum Gasteiger partial charge on any atom is -0.361 e. The number of nitrogens with one attached hydrogen (secondary N) is 1. The number of fused-ring (bicyclic) bond motifs is 1. The van der Waals surface area contributed by atoms with E-state index in [9.17, 15) is 13.2 Å². The molecule has 3 heterocycles. The van der Waals surface area contributed by atoms with Crippen molar-refractivity contribution in [3.63, 3.8) is 0 Å². The van der Waals surface area contributed by atoms with Gasteiger partial charge in [0.05, 0.1) is 22.4 Å². The van der Waals surface area contributed by atoms with Crippen LogP contribution < -0.4 is 0 Å². The van der Waals surface area contributed by atoms with Crippen molar-refractivity contribution in [1.29, 1.82) is 0 Å². The Morgan fingerprint density at radius 3 is 1.96 bits per heavy atom. The Morgan fingerprint density at radius 1 is 0.893 bits per heavy atom. The third kappa shape index (κ3) is 2.96. The lowest BCUT2D eigenvalue weighted by Gasteiger charge is -2.07. The van der Waals surface area contributed by atoms with E-state index in [4.69, 9.17) is 9.05 Å². The molecule has 6 nitrogen and oxygen atoms in total. The highest BCUT2D eigenvalue weighted by Gasteiger charge is 2.35. The molecule has 148 valence electrons. The summed E-state index contributed by atoms with van der Waals surface area (Å²) in [6, 6.07) is 3.38. The number of rotatable bonds is 2. The lowest BCUT2D eigenvalue weighted by Crippen LogP contribution is -2.06. The number of aromatic amines is 1. The van der Waals surface area contributed by atoms with Crippen LogP contribution in [0.2, 0.25) is 0 Å². The van der Waals surface area contributed by atoms with Gasteiger partial charge in [-0.1, -0.05) is 17.7 Å². The van der Waals surface area contributed by atoms with Crippen LogP contribution in [-0.2, 0) is 6.18 Å². The van der Waals surface area contributed by atoms with Crippen molar-refractivity contribution in [2.75, 3.05) is 0 Å². The van der Waals surface area contributed by atoms with Crippen molar-refractivity contribution in [1.82, 2.24) is 20.3 Å². The Morgan fingerprint density at radius 2 is 1.46 bits per heavy atom. The number of H-pyrrole nitrogens is 1. The second-order valence-electron chi connectivity index (χ2n) is 6.40. The predicted molar refractivity (Wildman–Crippen MR) is 97.8 cm³/mol. The molecule has 0 bridgehead atoms. The molecular weight excluding hydrogens is 373 g/mol. The van der Waals surface area contributed by atoms with Crippen LogP contribution >= 0.6 is 0 Å². The molecule has 0 aliphatic heterocycles. The number of aromatic nitrogens is 4. The maximum atomic E-state index is 13.2. The largest absolute Gasteiger partial charge is 0.449 e. The zero-order valence-corrected chi connectivity index (χ0v) is 14.9. The van der Waals surface area contributed by atoms with Gasteiger partial charge >= 0.3 is 6.18 Å². The fourth-order valence-electron chi connectivity index (χ4n) is 3.35. The number of aryl methyl sites for hydroxylation is 4. The summed E-state index contributed by atoms with van der Waals surface area (Å²) in [4.78, 5) is 6.18. The zero-order chi connectivity index (χ0) is 19.5. The average Bonchev–Trinajstić information content (AvgIpc) is 3.24. The third-order valence-electron chi connectivity index (χ3n) is 4.48. The van der Waals surface area contributed by atoms with Crippen LogP contribution in [-0.4, -0.2) is 20.3 Å². The Hall–Kier alpha value is -3.10. The van der Waals surface area contributed by atoms with Crippen LogP contribution in [0.1, 0.15) is 36.2 Å². The molecule has 4 rings (SSSR count). The summed E-state index contributed by atoms with van der Waals surface area (Å²) < 4.78 is 50.1. The maximum absolute atomic E-state index is 13.2. The molecular formula is C19H19F3N4O2. The molecule has 0 aliphatic rings. The highest BCUT2D eigenvalue weighted by Crippen LogP contribution is 2.39. The quantitative estimate of drug-likeness (QED) is 0.469. The van der Waals surface area contributed by atoms with Crippen LogP contribution in [0.3, 0.4) is 0 Å². The molecule has 28 heavy (non-hydrogen) atoms. The fourth-order valence-corrected chi connectivity index (χ4v) is 3.35. The number of benzene rings is 1. The van der Waals surface area contributed by atoms with Gasteiger partial charge in [-0.05, 0) is 45.4 Å². The summed E-state index contributed by atoms with van der Waals surface area (Å²) in [6.07, 6.45) is -4.59. The molecule has 0 spiro atoms. The Labute approximate surface area is 158 Å². The van der Waals surface area contributed by atoms with Crippen LogP contribution in [0.4, 0.5) is 13.2 Å². The minimum absolute atomic E-state index is 0. The molecule has 0 saturated carbocycles. The highest BCUT2D eigenvalue weighted by molar-refractivity contribution is 5.97. The summed E-state index contributed by atoms with van der Waals surface area (Å²) in [5.41, 5.74) is 4.20. The second kappa shape index (κ2) is 6.50. The molecule has 3 aromatic heterocycles. The van der Waals surface area contributed by atoms with Crippen molar-refractivity contribution >= 4 is 11.0 Å². The van der Waals surface area contributed by atoms with Crippen molar-refractivity contribution < 1.29 is 22.2 Å². The van der Waals surface area contributed by atoms with Gasteiger partial charge in [-0.15, -0.1) is 0 Å². The van der Waals surface area contributed by atoms with E-state index in [0.29, 0.717) is 39.6 Å². The molecule has 0 amide bonds. The van der Waals surface area contributed by atoms with Gasteiger partial charge in [-0.25, -0.2) is 4.98 Å². The lowest BCUT2D eigenvalue weighted by molar-refractivity contribution is -0.144. The van der Waals surface area contributed by atoms with Crippen molar-refractivity contribution in [2.45, 2.75) is 41.3 Å². The van der Waals surface area contributed by atoms with E-state index in [2.05, 4.69) is 20.3 Å². The van der Waals surface area contributed by atoms with Gasteiger partial charge in [-0.3, -0.25) is 0 Å².